The SMILES string of the molecule is COc1ccc(NC(=O)C(CCCCN)NC(=O)COCC(=O)O)cc1C(=O)NC(CCCCN)C(=O)Nc1ccc(OC)c(C(=O)NC(CCCCN)C(=O)Nc2ccc(OC)c(C(=O)NC(CCCCN)C(=O)Nc3ccc(O)c(C(N)=O)c3)c2)c1. The number of ether oxygens (including phenoxy) is 4. The molecule has 0 aliphatic rings. The highest BCUT2D eigenvalue weighted by Gasteiger charge is 2.29. The first-order chi connectivity index (χ1) is 42.2. The first-order valence-electron chi connectivity index (χ1n) is 28.4. The molecule has 0 spiro atoms. The van der Waals surface area contributed by atoms with E-state index in [9.17, 15) is 53.1 Å². The van der Waals surface area contributed by atoms with E-state index >= 15 is 0 Å². The Hall–Kier alpha value is -9.42. The molecule has 0 aliphatic carbocycles. The Bertz CT molecular complexity index is 3070. The van der Waals surface area contributed by atoms with Gasteiger partial charge in [0.2, 0.25) is 29.5 Å². The fraction of sp³-hybridized carbons (Fsp3) is 0.424. The number of hydrogen-bond donors (Lipinski definition) is 15. The molecule has 88 heavy (non-hydrogen) atoms. The van der Waals surface area contributed by atoms with Crippen LogP contribution in [0.1, 0.15) is 118 Å². The molecule has 0 fully saturated rings. The highest BCUT2D eigenvalue weighted by Crippen LogP contribution is 2.28. The number of carbonyl (C=O) groups is 10. The zero-order chi connectivity index (χ0) is 64.7. The maximum absolute atomic E-state index is 14.3. The lowest BCUT2D eigenvalue weighted by Crippen LogP contribution is -2.45. The number of amides is 9. The molecule has 29 heteroatoms. The Morgan fingerprint density at radius 1 is 0.420 bits per heavy atom. The summed E-state index contributed by atoms with van der Waals surface area (Å²) in [5.74, 6) is -8.13. The highest BCUT2D eigenvalue weighted by atomic mass is 16.5. The van der Waals surface area contributed by atoms with Crippen molar-refractivity contribution in [3.05, 3.63) is 95.1 Å². The van der Waals surface area contributed by atoms with Crippen molar-refractivity contribution in [3.8, 4) is 23.0 Å². The van der Waals surface area contributed by atoms with Gasteiger partial charge in [0.05, 0.1) is 43.6 Å². The maximum atomic E-state index is 14.3. The van der Waals surface area contributed by atoms with E-state index in [2.05, 4.69) is 42.5 Å². The molecule has 9 amide bonds. The van der Waals surface area contributed by atoms with Gasteiger partial charge in [-0.3, -0.25) is 43.2 Å². The predicted molar refractivity (Wildman–Crippen MR) is 326 cm³/mol. The fourth-order valence-electron chi connectivity index (χ4n) is 8.84. The van der Waals surface area contributed by atoms with Crippen molar-refractivity contribution in [2.75, 3.05) is 82.0 Å². The Morgan fingerprint density at radius 2 is 0.716 bits per heavy atom. The zero-order valence-corrected chi connectivity index (χ0v) is 49.5. The van der Waals surface area contributed by atoms with Crippen LogP contribution < -0.4 is 85.4 Å². The van der Waals surface area contributed by atoms with Crippen LogP contribution >= 0.6 is 0 Å². The Morgan fingerprint density at radius 3 is 1.00 bits per heavy atom. The van der Waals surface area contributed by atoms with Crippen molar-refractivity contribution in [3.63, 3.8) is 0 Å². The standard InChI is InChI=1S/C59H81N13O16/c1-85-47-21-17-35(66-56(81)42(12-4-8-24-60)69-50(74)32-88-33-51(75)76)29-39(47)53(78)71-44(14-6-10-26-62)58(83)68-37-19-23-49(87-3)41(31-37)55(80)72-45(15-7-11-27-63)59(84)67-36-18-22-48(86-2)40(30-36)54(79)70-43(13-5-9-25-61)57(82)65-34-16-20-46(73)38(28-34)52(64)77/h16-23,28-31,42-45,73H,4-15,24-27,32-33,60-63H2,1-3H3,(H2,64,77)(H,65,82)(H,66,81)(H,67,84)(H,68,83)(H,69,74)(H,70,79)(H,71,78)(H,72,80)(H,75,76). The van der Waals surface area contributed by atoms with E-state index in [0.29, 0.717) is 64.5 Å². The fourth-order valence-corrected chi connectivity index (χ4v) is 8.84. The van der Waals surface area contributed by atoms with Gasteiger partial charge in [0.25, 0.3) is 23.6 Å². The number of nitrogens with one attached hydrogen (secondary N) is 8. The summed E-state index contributed by atoms with van der Waals surface area (Å²) in [6.45, 7) is -0.126. The van der Waals surface area contributed by atoms with Crippen molar-refractivity contribution in [2.45, 2.75) is 101 Å². The number of carboxylic acid groups (broad SMARTS) is 1. The van der Waals surface area contributed by atoms with E-state index in [1.165, 1.54) is 94.1 Å². The van der Waals surface area contributed by atoms with Crippen LogP contribution in [-0.4, -0.2) is 154 Å². The number of carboxylic acids is 1. The van der Waals surface area contributed by atoms with Crippen LogP contribution in [-0.2, 0) is 33.5 Å². The third-order valence-corrected chi connectivity index (χ3v) is 13.4. The van der Waals surface area contributed by atoms with Crippen molar-refractivity contribution in [2.24, 2.45) is 28.7 Å². The van der Waals surface area contributed by atoms with Crippen molar-refractivity contribution in [1.82, 2.24) is 21.3 Å². The van der Waals surface area contributed by atoms with Gasteiger partial charge in [-0.2, -0.15) is 0 Å². The Kier molecular flexibility index (Phi) is 30.0. The molecule has 4 atom stereocenters. The molecule has 4 aromatic rings. The number of phenols is 1. The molecule has 4 rings (SSSR count). The summed E-state index contributed by atoms with van der Waals surface area (Å²) in [4.78, 5) is 133. The summed E-state index contributed by atoms with van der Waals surface area (Å²) < 4.78 is 21.3. The average Bonchev–Trinajstić information content (AvgIpc) is 3.68. The molecule has 0 saturated carbocycles. The monoisotopic (exact) mass is 1230 g/mol. The number of hydrogen-bond acceptors (Lipinski definition) is 19. The number of carbonyl (C=O) groups excluding carboxylic acids is 9. The quantitative estimate of drug-likeness (QED) is 0.0224. The van der Waals surface area contributed by atoms with Gasteiger partial charge in [-0.05, 0) is 176 Å². The normalized spacial score (nSPS) is 12.2. The van der Waals surface area contributed by atoms with Crippen LogP contribution in [0.25, 0.3) is 0 Å². The molecule has 4 aromatic carbocycles. The summed E-state index contributed by atoms with van der Waals surface area (Å²) in [7, 11) is 3.96. The lowest BCUT2D eigenvalue weighted by atomic mass is 10.1. The predicted octanol–water partition coefficient (Wildman–Crippen LogP) is 1.77. The van der Waals surface area contributed by atoms with Gasteiger partial charge in [0, 0.05) is 22.7 Å². The van der Waals surface area contributed by atoms with E-state index in [0.717, 1.165) is 0 Å². The topological polar surface area (TPSA) is 474 Å². The smallest absolute Gasteiger partial charge is 0.329 e. The number of primary amides is 1. The summed E-state index contributed by atoms with van der Waals surface area (Å²) >= 11 is 0. The maximum Gasteiger partial charge on any atom is 0.329 e. The van der Waals surface area contributed by atoms with Crippen molar-refractivity contribution in [1.29, 1.82) is 0 Å². The van der Waals surface area contributed by atoms with Gasteiger partial charge < -0.3 is 100 Å². The number of nitrogens with two attached hydrogens (primary N) is 5. The van der Waals surface area contributed by atoms with E-state index in [1.807, 2.05) is 0 Å². The Labute approximate surface area is 508 Å². The van der Waals surface area contributed by atoms with Crippen LogP contribution in [0.3, 0.4) is 0 Å². The first-order valence-corrected chi connectivity index (χ1v) is 28.4. The molecular weight excluding hydrogens is 1150 g/mol. The summed E-state index contributed by atoms with van der Waals surface area (Å²) in [6, 6.07) is 11.7. The molecule has 0 heterocycles. The molecule has 29 nitrogen and oxygen atoms in total. The van der Waals surface area contributed by atoms with Gasteiger partial charge in [0.15, 0.2) is 0 Å². The second-order valence-electron chi connectivity index (χ2n) is 20.0. The molecular formula is C59H81N13O16. The molecule has 478 valence electrons. The lowest BCUT2D eigenvalue weighted by Gasteiger charge is -2.22. The number of anilines is 4. The van der Waals surface area contributed by atoms with Crippen LogP contribution in [0.2, 0.25) is 0 Å². The van der Waals surface area contributed by atoms with Crippen molar-refractivity contribution < 1.29 is 77.1 Å². The van der Waals surface area contributed by atoms with Crippen LogP contribution in [0.5, 0.6) is 23.0 Å². The van der Waals surface area contributed by atoms with Gasteiger partial charge in [0.1, 0.15) is 60.4 Å². The number of aliphatic carboxylic acids is 1. The third kappa shape index (κ3) is 22.8. The van der Waals surface area contributed by atoms with E-state index in [4.69, 9.17) is 52.7 Å². The van der Waals surface area contributed by atoms with E-state index < -0.39 is 102 Å². The van der Waals surface area contributed by atoms with Crippen LogP contribution in [0, 0.1) is 0 Å². The first kappa shape index (κ1) is 71.1. The summed E-state index contributed by atoms with van der Waals surface area (Å²) in [6.07, 6.45) is 4.25. The summed E-state index contributed by atoms with van der Waals surface area (Å²) in [5.41, 5.74) is 28.3. The number of aromatic hydroxyl groups is 1. The van der Waals surface area contributed by atoms with E-state index in [1.54, 1.807) is 0 Å². The molecule has 20 N–H and O–H groups in total. The molecule has 0 radical (unpaired) electrons. The molecule has 0 aliphatic heterocycles. The molecule has 4 unspecified atom stereocenters. The van der Waals surface area contributed by atoms with Gasteiger partial charge in [-0.15, -0.1) is 0 Å². The Balaban J connectivity index is 1.55. The second-order valence-corrected chi connectivity index (χ2v) is 20.0. The van der Waals surface area contributed by atoms with Crippen LogP contribution in [0.15, 0.2) is 72.8 Å². The number of rotatable bonds is 39. The van der Waals surface area contributed by atoms with E-state index in [-0.39, 0.29) is 101 Å². The van der Waals surface area contributed by atoms with Gasteiger partial charge in [-0.25, -0.2) is 4.79 Å². The molecule has 0 aromatic heterocycles. The lowest BCUT2D eigenvalue weighted by molar-refractivity contribution is -0.144. The number of benzene rings is 4. The van der Waals surface area contributed by atoms with Gasteiger partial charge in [-0.1, -0.05) is 0 Å². The number of unbranched alkanes of at least 4 members (excludes halogenated alkanes) is 4. The zero-order valence-electron chi connectivity index (χ0n) is 49.5. The number of methoxy groups -OCH3 is 3. The van der Waals surface area contributed by atoms with Crippen molar-refractivity contribution >= 4 is 81.9 Å². The largest absolute Gasteiger partial charge is 0.507 e. The minimum atomic E-state index is -1.28. The highest BCUT2D eigenvalue weighted by molar-refractivity contribution is 6.08. The third-order valence-electron chi connectivity index (χ3n) is 13.4. The average molecular weight is 1230 g/mol. The summed E-state index contributed by atoms with van der Waals surface area (Å²) in [5, 5.41) is 40.5. The van der Waals surface area contributed by atoms with Crippen LogP contribution in [0.4, 0.5) is 22.7 Å². The molecule has 0 bridgehead atoms. The minimum absolute atomic E-state index is 0.0665. The minimum Gasteiger partial charge on any atom is -0.507 e. The van der Waals surface area contributed by atoms with Gasteiger partial charge >= 0.3 is 5.97 Å². The molecule has 0 saturated heterocycles. The second kappa shape index (κ2) is 37.2.